The van der Waals surface area contributed by atoms with E-state index in [4.69, 9.17) is 5.73 Å². The second-order valence-corrected chi connectivity index (χ2v) is 5.47. The van der Waals surface area contributed by atoms with E-state index in [0.717, 1.165) is 11.1 Å². The maximum absolute atomic E-state index is 11.5. The molecular formula is C10H15NO2S. The maximum atomic E-state index is 11.5. The first-order chi connectivity index (χ1) is 6.51. The summed E-state index contributed by atoms with van der Waals surface area (Å²) in [7, 11) is -3.10. The van der Waals surface area contributed by atoms with E-state index in [0.29, 0.717) is 11.4 Å². The fraction of sp³-hybridized carbons (Fsp3) is 0.400. The van der Waals surface area contributed by atoms with Crippen molar-refractivity contribution in [3.8, 4) is 0 Å². The molecule has 3 nitrogen and oxygen atoms in total. The van der Waals surface area contributed by atoms with Gasteiger partial charge in [0.05, 0.1) is 10.6 Å². The van der Waals surface area contributed by atoms with Gasteiger partial charge in [-0.25, -0.2) is 8.42 Å². The SMILES string of the molecule is CCS(=O)(=O)c1ccc(C)c(CN)c1. The van der Waals surface area contributed by atoms with E-state index in [9.17, 15) is 8.42 Å². The summed E-state index contributed by atoms with van der Waals surface area (Å²) in [6.45, 7) is 3.93. The number of hydrogen-bond donors (Lipinski definition) is 1. The van der Waals surface area contributed by atoms with Crippen molar-refractivity contribution in [2.75, 3.05) is 5.75 Å². The van der Waals surface area contributed by atoms with Crippen LogP contribution >= 0.6 is 0 Å². The fourth-order valence-electron chi connectivity index (χ4n) is 1.23. The summed E-state index contributed by atoms with van der Waals surface area (Å²) < 4.78 is 23.1. The van der Waals surface area contributed by atoms with Crippen LogP contribution in [0.25, 0.3) is 0 Å². The Labute approximate surface area is 84.9 Å². The highest BCUT2D eigenvalue weighted by Crippen LogP contribution is 2.16. The van der Waals surface area contributed by atoms with Crippen LogP contribution in [0.5, 0.6) is 0 Å². The first-order valence-electron chi connectivity index (χ1n) is 4.53. The number of hydrogen-bond acceptors (Lipinski definition) is 3. The fourth-order valence-corrected chi connectivity index (χ4v) is 2.16. The number of sulfone groups is 1. The molecule has 0 bridgehead atoms. The van der Waals surface area contributed by atoms with Crippen LogP contribution in [0.2, 0.25) is 0 Å². The van der Waals surface area contributed by atoms with Crippen molar-refractivity contribution < 1.29 is 8.42 Å². The third-order valence-electron chi connectivity index (χ3n) is 2.28. The summed E-state index contributed by atoms with van der Waals surface area (Å²) >= 11 is 0. The predicted molar refractivity (Wildman–Crippen MR) is 56.8 cm³/mol. The minimum absolute atomic E-state index is 0.125. The molecule has 0 aromatic heterocycles. The van der Waals surface area contributed by atoms with Crippen LogP contribution in [0, 0.1) is 6.92 Å². The average molecular weight is 213 g/mol. The van der Waals surface area contributed by atoms with E-state index in [1.807, 2.05) is 6.92 Å². The number of aryl methyl sites for hydroxylation is 1. The molecular weight excluding hydrogens is 198 g/mol. The summed E-state index contributed by atoms with van der Waals surface area (Å²) in [6.07, 6.45) is 0. The van der Waals surface area contributed by atoms with Gasteiger partial charge in [-0.2, -0.15) is 0 Å². The lowest BCUT2D eigenvalue weighted by Crippen LogP contribution is -2.06. The lowest BCUT2D eigenvalue weighted by atomic mass is 10.1. The van der Waals surface area contributed by atoms with Gasteiger partial charge in [0.2, 0.25) is 0 Å². The zero-order valence-corrected chi connectivity index (χ0v) is 9.26. The van der Waals surface area contributed by atoms with Gasteiger partial charge in [0.15, 0.2) is 9.84 Å². The number of benzene rings is 1. The summed E-state index contributed by atoms with van der Waals surface area (Å²) in [5.41, 5.74) is 7.43. The van der Waals surface area contributed by atoms with E-state index in [-0.39, 0.29) is 5.75 Å². The molecule has 0 aliphatic carbocycles. The zero-order valence-electron chi connectivity index (χ0n) is 8.45. The molecule has 78 valence electrons. The van der Waals surface area contributed by atoms with Crippen molar-refractivity contribution in [3.05, 3.63) is 29.3 Å². The highest BCUT2D eigenvalue weighted by atomic mass is 32.2. The molecule has 0 saturated carbocycles. The van der Waals surface area contributed by atoms with Crippen molar-refractivity contribution in [1.29, 1.82) is 0 Å². The van der Waals surface area contributed by atoms with E-state index < -0.39 is 9.84 Å². The number of rotatable bonds is 3. The third-order valence-corrected chi connectivity index (χ3v) is 4.01. The van der Waals surface area contributed by atoms with E-state index in [1.54, 1.807) is 25.1 Å². The summed E-state index contributed by atoms with van der Waals surface area (Å²) in [5.74, 6) is 0.125. The van der Waals surface area contributed by atoms with Crippen LogP contribution in [-0.2, 0) is 16.4 Å². The van der Waals surface area contributed by atoms with Gasteiger partial charge in [0.1, 0.15) is 0 Å². The highest BCUT2D eigenvalue weighted by molar-refractivity contribution is 7.91. The van der Waals surface area contributed by atoms with Crippen LogP contribution in [0.3, 0.4) is 0 Å². The van der Waals surface area contributed by atoms with Crippen LogP contribution in [-0.4, -0.2) is 14.2 Å². The predicted octanol–water partition coefficient (Wildman–Crippen LogP) is 1.25. The van der Waals surface area contributed by atoms with Crippen molar-refractivity contribution >= 4 is 9.84 Å². The first kappa shape index (κ1) is 11.2. The lowest BCUT2D eigenvalue weighted by Gasteiger charge is -2.06. The normalized spacial score (nSPS) is 11.6. The van der Waals surface area contributed by atoms with E-state index >= 15 is 0 Å². The molecule has 0 spiro atoms. The zero-order chi connectivity index (χ0) is 10.8. The molecule has 1 aromatic carbocycles. The van der Waals surface area contributed by atoms with Gasteiger partial charge < -0.3 is 5.73 Å². The second-order valence-electron chi connectivity index (χ2n) is 3.20. The molecule has 0 atom stereocenters. The topological polar surface area (TPSA) is 60.2 Å². The van der Waals surface area contributed by atoms with Crippen molar-refractivity contribution in [1.82, 2.24) is 0 Å². The van der Waals surface area contributed by atoms with Gasteiger partial charge in [-0.1, -0.05) is 13.0 Å². The van der Waals surface area contributed by atoms with Crippen LogP contribution < -0.4 is 5.73 Å². The van der Waals surface area contributed by atoms with Crippen molar-refractivity contribution in [2.24, 2.45) is 5.73 Å². The largest absolute Gasteiger partial charge is 0.326 e. The third kappa shape index (κ3) is 2.13. The molecule has 4 heteroatoms. The number of nitrogens with two attached hydrogens (primary N) is 1. The van der Waals surface area contributed by atoms with Crippen molar-refractivity contribution in [2.45, 2.75) is 25.3 Å². The smallest absolute Gasteiger partial charge is 0.178 e. The average Bonchev–Trinajstić information content (AvgIpc) is 2.18. The summed E-state index contributed by atoms with van der Waals surface area (Å²) in [5, 5.41) is 0. The maximum Gasteiger partial charge on any atom is 0.178 e. The monoisotopic (exact) mass is 213 g/mol. The molecule has 0 radical (unpaired) electrons. The molecule has 14 heavy (non-hydrogen) atoms. The molecule has 1 rings (SSSR count). The molecule has 0 fully saturated rings. The van der Waals surface area contributed by atoms with Gasteiger partial charge >= 0.3 is 0 Å². The molecule has 0 amide bonds. The molecule has 2 N–H and O–H groups in total. The minimum atomic E-state index is -3.10. The van der Waals surface area contributed by atoms with Gasteiger partial charge in [-0.3, -0.25) is 0 Å². The standard InChI is InChI=1S/C10H15NO2S/c1-3-14(12,13)10-5-4-8(2)9(6-10)7-11/h4-6H,3,7,11H2,1-2H3. The molecule has 0 aliphatic heterocycles. The summed E-state index contributed by atoms with van der Waals surface area (Å²) in [6, 6.07) is 5.09. The van der Waals surface area contributed by atoms with Gasteiger partial charge in [0, 0.05) is 6.54 Å². The second kappa shape index (κ2) is 4.11. The molecule has 0 unspecified atom stereocenters. The Balaban J connectivity index is 3.26. The molecule has 0 aliphatic rings. The van der Waals surface area contributed by atoms with Crippen LogP contribution in [0.15, 0.2) is 23.1 Å². The highest BCUT2D eigenvalue weighted by Gasteiger charge is 2.12. The minimum Gasteiger partial charge on any atom is -0.326 e. The van der Waals surface area contributed by atoms with Crippen molar-refractivity contribution in [3.63, 3.8) is 0 Å². The molecule has 0 heterocycles. The Morgan fingerprint density at radius 3 is 2.50 bits per heavy atom. The molecule has 0 saturated heterocycles. The molecule has 1 aromatic rings. The Morgan fingerprint density at radius 2 is 2.00 bits per heavy atom. The van der Waals surface area contributed by atoms with Gasteiger partial charge in [0.25, 0.3) is 0 Å². The van der Waals surface area contributed by atoms with E-state index in [2.05, 4.69) is 0 Å². The lowest BCUT2D eigenvalue weighted by molar-refractivity contribution is 0.597. The summed E-state index contributed by atoms with van der Waals surface area (Å²) in [4.78, 5) is 0.367. The van der Waals surface area contributed by atoms with Gasteiger partial charge in [-0.05, 0) is 30.2 Å². The Hall–Kier alpha value is -0.870. The Kier molecular flexibility index (Phi) is 3.29. The quantitative estimate of drug-likeness (QED) is 0.822. The van der Waals surface area contributed by atoms with Crippen LogP contribution in [0.4, 0.5) is 0 Å². The van der Waals surface area contributed by atoms with Crippen LogP contribution in [0.1, 0.15) is 18.1 Å². The van der Waals surface area contributed by atoms with Gasteiger partial charge in [-0.15, -0.1) is 0 Å². The Bertz CT molecular complexity index is 424. The first-order valence-corrected chi connectivity index (χ1v) is 6.19. The van der Waals surface area contributed by atoms with E-state index in [1.165, 1.54) is 0 Å². The Morgan fingerprint density at radius 1 is 1.36 bits per heavy atom.